The molecule has 0 radical (unpaired) electrons. The van der Waals surface area contributed by atoms with Gasteiger partial charge in [0.15, 0.2) is 23.1 Å². The van der Waals surface area contributed by atoms with Crippen molar-refractivity contribution in [1.29, 1.82) is 0 Å². The molecule has 5 fully saturated rings. The number of fused-ring (bicyclic) bond motifs is 4. The maximum absolute atomic E-state index is 13.1. The van der Waals surface area contributed by atoms with Crippen molar-refractivity contribution in [2.75, 3.05) is 148 Å². The van der Waals surface area contributed by atoms with Gasteiger partial charge in [-0.25, -0.2) is 4.98 Å². The Kier molecular flexibility index (Phi) is 29.2. The fourth-order valence-electron chi connectivity index (χ4n) is 17.3. The number of aromatic nitrogens is 7. The molecule has 12 heterocycles. The van der Waals surface area contributed by atoms with E-state index >= 15 is 0 Å². The largest absolute Gasteiger partial charge is 0.463 e. The first-order valence-electron chi connectivity index (χ1n) is 43.0. The van der Waals surface area contributed by atoms with Crippen molar-refractivity contribution in [3.63, 3.8) is 0 Å². The molecule has 4 aromatic carbocycles. The maximum atomic E-state index is 13.1. The van der Waals surface area contributed by atoms with Crippen LogP contribution in [-0.4, -0.2) is 189 Å². The number of nitrogens with two attached hydrogens (primary N) is 4. The normalized spacial score (nSPS) is 17.6. The van der Waals surface area contributed by atoms with Gasteiger partial charge in [0.1, 0.15) is 52.9 Å². The Morgan fingerprint density at radius 3 is 1.13 bits per heavy atom. The molecule has 17 rings (SSSR count). The number of anilines is 8. The Labute approximate surface area is 705 Å². The van der Waals surface area contributed by atoms with Gasteiger partial charge in [0.25, 0.3) is 0 Å². The van der Waals surface area contributed by atoms with Crippen molar-refractivity contribution in [3.05, 3.63) is 176 Å². The number of carbonyl (C=O) groups excluding carboxylic acids is 4. The SMILES string of the molecule is CCCCOc1nc(N)c2c(n1)N(Cc1ccc(CN3CCCC3)cc1)CC(=O)C2.CCCCOc1nc(N)c2c(n1)N(Cc1cccc(CN3CCCC3)c1)C1(CC1)C(=O)C2.COCCOc1nc(N)c2c(n1)N(Cc1cccc(CN3CCCC3)c1)CC(=O)C2.Nc1cc(CS)nc2c1CC(=O)CN2Cc1cccc(CN2CCCC2)c1. The summed E-state index contributed by atoms with van der Waals surface area (Å²) in [5.74, 6) is 5.18. The number of thiol groups is 1. The minimum Gasteiger partial charge on any atom is -0.463 e. The van der Waals surface area contributed by atoms with Crippen LogP contribution in [0.3, 0.4) is 0 Å². The highest BCUT2D eigenvalue weighted by Gasteiger charge is 2.58. The lowest BCUT2D eigenvalue weighted by atomic mass is 9.94. The molecular weight excluding hydrogens is 1520 g/mol. The molecule has 0 amide bonds. The molecule has 0 atom stereocenters. The number of methoxy groups -OCH3 is 1. The van der Waals surface area contributed by atoms with Gasteiger partial charge in [0.05, 0.1) is 45.1 Å². The zero-order valence-corrected chi connectivity index (χ0v) is 70.6. The molecule has 4 aromatic heterocycles. The Bertz CT molecular complexity index is 4820. The molecule has 0 unspecified atom stereocenters. The molecule has 119 heavy (non-hydrogen) atoms. The molecule has 1 aliphatic carbocycles. The van der Waals surface area contributed by atoms with Gasteiger partial charge in [0, 0.05) is 119 Å². The molecule has 1 spiro atoms. The molecule has 8 aliphatic heterocycles. The van der Waals surface area contributed by atoms with Crippen LogP contribution in [0.5, 0.6) is 18.0 Å². The Morgan fingerprint density at radius 1 is 0.387 bits per heavy atom. The van der Waals surface area contributed by atoms with Crippen LogP contribution in [0.1, 0.15) is 176 Å². The number of ketones is 4. The average Bonchev–Trinajstić information content (AvgIpc) is 1.56. The van der Waals surface area contributed by atoms with Crippen LogP contribution >= 0.6 is 12.6 Å². The zero-order valence-electron chi connectivity index (χ0n) is 69.7. The van der Waals surface area contributed by atoms with Crippen LogP contribution in [0.2, 0.25) is 0 Å². The number of rotatable bonds is 29. The molecule has 27 nitrogen and oxygen atoms in total. The number of unbranched alkanes of at least 4 members (excludes halogenated alkanes) is 2. The number of Topliss-reactive ketones (excluding diaryl/α,β-unsaturated/α-hetero) is 4. The van der Waals surface area contributed by atoms with Gasteiger partial charge >= 0.3 is 18.0 Å². The van der Waals surface area contributed by atoms with E-state index in [2.05, 4.69) is 178 Å². The molecule has 28 heteroatoms. The lowest BCUT2D eigenvalue weighted by molar-refractivity contribution is -0.121. The Morgan fingerprint density at radius 2 is 0.731 bits per heavy atom. The van der Waals surface area contributed by atoms with Crippen molar-refractivity contribution in [2.24, 2.45) is 0 Å². The summed E-state index contributed by atoms with van der Waals surface area (Å²) < 4.78 is 22.0. The summed E-state index contributed by atoms with van der Waals surface area (Å²) in [5, 5.41) is 0. The molecule has 0 bridgehead atoms. The lowest BCUT2D eigenvalue weighted by Crippen LogP contribution is -2.48. The summed E-state index contributed by atoms with van der Waals surface area (Å²) in [6.07, 6.45) is 17.2. The third-order valence-electron chi connectivity index (χ3n) is 23.7. The minimum absolute atomic E-state index is 0.110. The Hall–Kier alpha value is -10.1. The first kappa shape index (κ1) is 85.3. The number of hydrogen-bond acceptors (Lipinski definition) is 28. The quantitative estimate of drug-likeness (QED) is 0.0215. The van der Waals surface area contributed by atoms with Crippen LogP contribution in [-0.2, 0) is 108 Å². The number of likely N-dealkylation sites (tertiary alicyclic amines) is 4. The molecular formula is C91H119N19O8S. The summed E-state index contributed by atoms with van der Waals surface area (Å²) >= 11 is 4.33. The fraction of sp³-hybridized carbons (Fsp3) is 0.505. The summed E-state index contributed by atoms with van der Waals surface area (Å²) in [6.45, 7) is 23.0. The maximum Gasteiger partial charge on any atom is 0.320 e. The van der Waals surface area contributed by atoms with E-state index in [4.69, 9.17) is 51.9 Å². The molecule has 8 aromatic rings. The molecule has 1 saturated carbocycles. The smallest absolute Gasteiger partial charge is 0.320 e. The highest BCUT2D eigenvalue weighted by atomic mass is 32.1. The third-order valence-corrected chi connectivity index (χ3v) is 24.0. The van der Waals surface area contributed by atoms with Gasteiger partial charge in [-0.3, -0.25) is 38.8 Å². The van der Waals surface area contributed by atoms with Crippen LogP contribution in [0, 0.1) is 0 Å². The van der Waals surface area contributed by atoms with Crippen LogP contribution in [0.4, 0.5) is 46.4 Å². The van der Waals surface area contributed by atoms with Crippen molar-refractivity contribution in [3.8, 4) is 18.0 Å². The monoisotopic (exact) mass is 1640 g/mol. The highest BCUT2D eigenvalue weighted by Crippen LogP contribution is 2.51. The number of nitrogen functional groups attached to an aromatic ring is 4. The predicted octanol–water partition coefficient (Wildman–Crippen LogP) is 11.1. The van der Waals surface area contributed by atoms with Crippen molar-refractivity contribution in [1.82, 2.24) is 54.5 Å². The number of pyridine rings is 1. The van der Waals surface area contributed by atoms with Gasteiger partial charge in [-0.05, 0) is 180 Å². The number of benzene rings is 4. The van der Waals surface area contributed by atoms with E-state index in [1.165, 1.54) is 137 Å². The topological polar surface area (TPSA) is 325 Å². The molecule has 9 aliphatic rings. The summed E-state index contributed by atoms with van der Waals surface area (Å²) in [5.41, 5.74) is 38.7. The van der Waals surface area contributed by atoms with Gasteiger partial charge in [-0.15, -0.1) is 0 Å². The second-order valence-electron chi connectivity index (χ2n) is 33.1. The van der Waals surface area contributed by atoms with Crippen molar-refractivity contribution >= 4 is 82.2 Å². The van der Waals surface area contributed by atoms with E-state index in [0.29, 0.717) is 143 Å². The Balaban J connectivity index is 0.000000130. The fourth-order valence-corrected chi connectivity index (χ4v) is 17.5. The summed E-state index contributed by atoms with van der Waals surface area (Å²) in [6, 6.07) is 37.3. The van der Waals surface area contributed by atoms with Gasteiger partial charge in [0.2, 0.25) is 0 Å². The van der Waals surface area contributed by atoms with E-state index in [0.717, 1.165) is 110 Å². The van der Waals surface area contributed by atoms with Crippen molar-refractivity contribution in [2.45, 2.75) is 193 Å². The first-order valence-corrected chi connectivity index (χ1v) is 43.7. The molecule has 8 N–H and O–H groups in total. The summed E-state index contributed by atoms with van der Waals surface area (Å²) in [7, 11) is 1.61. The standard InChI is InChI=1S/C25H33N5O2.C23H31N5O2.C22H29N5O3.C21H26N4OS/c1-2-3-13-32-24-27-22(26)20-15-21(31)25(9-10-25)30(23(20)28-24)17-19-8-6-7-18(14-19)16-29-11-4-5-12-29;1-2-3-12-30-23-25-21(24)20-13-19(29)16-28(22(20)26-23)15-18-8-6-17(7-9-18)14-27-10-4-5-11-27;1-29-9-10-30-22-24-20(23)19-12-18(28)15-27(21(19)25-22)14-17-6-4-5-16(11-17)13-26-7-2-3-8-26;22-20-9-17(14-27)23-21-19(20)10-18(26)13-25(21)12-16-5-3-4-15(8-16)11-24-6-1-2-7-24/h6-8,14H,2-5,9-13,15-17H2,1H3,(H2,26,27,28);6-9H,2-5,10-16H2,1H3,(H2,24,25,26);4-6,11H,2-3,7-10,12-15H2,1H3,(H2,23,24,25);3-5,8-9,27H,1-2,6-7,10-14H2,(H2,22,23). The van der Waals surface area contributed by atoms with Crippen LogP contribution < -0.4 is 56.7 Å². The first-order chi connectivity index (χ1) is 57.9. The number of nitrogens with zero attached hydrogens (tertiary/aromatic N) is 15. The number of ether oxygens (including phenoxy) is 4. The minimum atomic E-state index is -0.445. The van der Waals surface area contributed by atoms with Gasteiger partial charge in [-0.1, -0.05) is 124 Å². The van der Waals surface area contributed by atoms with Crippen LogP contribution in [0.25, 0.3) is 0 Å². The van der Waals surface area contributed by atoms with E-state index < -0.39 is 5.54 Å². The van der Waals surface area contributed by atoms with Gasteiger partial charge in [-0.2, -0.15) is 42.5 Å². The average molecular weight is 1640 g/mol. The third kappa shape index (κ3) is 22.5. The number of hydrogen-bond donors (Lipinski definition) is 5. The molecule has 4 saturated heterocycles. The van der Waals surface area contributed by atoms with Gasteiger partial charge < -0.3 is 61.5 Å². The van der Waals surface area contributed by atoms with E-state index in [1.807, 2.05) is 15.9 Å². The van der Waals surface area contributed by atoms with Crippen molar-refractivity contribution < 1.29 is 38.1 Å². The van der Waals surface area contributed by atoms with E-state index in [-0.39, 0.29) is 42.0 Å². The van der Waals surface area contributed by atoms with E-state index in [1.54, 1.807) is 7.11 Å². The zero-order chi connectivity index (χ0) is 82.8. The lowest BCUT2D eigenvalue weighted by Gasteiger charge is -2.37. The highest BCUT2D eigenvalue weighted by molar-refractivity contribution is 7.79. The summed E-state index contributed by atoms with van der Waals surface area (Å²) in [4.78, 5) is 99.7. The van der Waals surface area contributed by atoms with E-state index in [9.17, 15) is 19.2 Å². The van der Waals surface area contributed by atoms with Crippen LogP contribution in [0.15, 0.2) is 103 Å². The molecule has 632 valence electrons. The second kappa shape index (κ2) is 40.8. The second-order valence-corrected chi connectivity index (χ2v) is 33.4. The number of carbonyl (C=O) groups is 4. The predicted molar refractivity (Wildman–Crippen MR) is 469 cm³/mol.